The van der Waals surface area contributed by atoms with Gasteiger partial charge >= 0.3 is 0 Å². The Kier molecular flexibility index (Phi) is 3.84. The number of fused-ring (bicyclic) bond motifs is 1. The molecular formula is C17H18N4O3S. The van der Waals surface area contributed by atoms with Crippen molar-refractivity contribution in [3.63, 3.8) is 0 Å². The van der Waals surface area contributed by atoms with E-state index in [1.165, 1.54) is 0 Å². The third-order valence-electron chi connectivity index (χ3n) is 4.04. The van der Waals surface area contributed by atoms with Gasteiger partial charge in [-0.3, -0.25) is 0 Å². The molecule has 130 valence electrons. The first-order chi connectivity index (χ1) is 12.1. The zero-order valence-electron chi connectivity index (χ0n) is 13.7. The Morgan fingerprint density at radius 2 is 2.04 bits per heavy atom. The van der Waals surface area contributed by atoms with E-state index in [4.69, 9.17) is 4.74 Å². The second kappa shape index (κ2) is 6.03. The molecule has 0 aliphatic heterocycles. The summed E-state index contributed by atoms with van der Waals surface area (Å²) in [5.74, 6) is 1.13. The van der Waals surface area contributed by atoms with E-state index in [1.54, 1.807) is 18.3 Å². The fraction of sp³-hybridized carbons (Fsp3) is 0.294. The molecule has 2 heterocycles. The van der Waals surface area contributed by atoms with Gasteiger partial charge in [-0.1, -0.05) is 12.1 Å². The third kappa shape index (κ3) is 2.82. The highest BCUT2D eigenvalue weighted by Gasteiger charge is 2.39. The van der Waals surface area contributed by atoms with Gasteiger partial charge in [-0.25, -0.2) is 13.4 Å². The van der Waals surface area contributed by atoms with Gasteiger partial charge < -0.3 is 10.1 Å². The molecule has 0 radical (unpaired) electrons. The number of para-hydroxylation sites is 2. The van der Waals surface area contributed by atoms with E-state index in [1.807, 2.05) is 31.2 Å². The number of anilines is 2. The van der Waals surface area contributed by atoms with E-state index in [0.717, 1.165) is 9.77 Å². The second-order valence-corrected chi connectivity index (χ2v) is 7.91. The molecule has 25 heavy (non-hydrogen) atoms. The van der Waals surface area contributed by atoms with Crippen LogP contribution in [0.1, 0.15) is 19.8 Å². The number of nitrogens with one attached hydrogen (secondary N) is 1. The normalized spacial score (nSPS) is 14.6. The number of aromatic nitrogens is 3. The molecule has 0 unspecified atom stereocenters. The molecule has 7 nitrogen and oxygen atoms in total. The minimum atomic E-state index is -3.51. The fourth-order valence-electron chi connectivity index (χ4n) is 2.68. The Hall–Kier alpha value is -2.61. The van der Waals surface area contributed by atoms with Crippen molar-refractivity contribution >= 4 is 32.6 Å². The van der Waals surface area contributed by atoms with Crippen molar-refractivity contribution in [2.75, 3.05) is 11.9 Å². The van der Waals surface area contributed by atoms with Crippen LogP contribution in [-0.2, 0) is 10.0 Å². The summed E-state index contributed by atoms with van der Waals surface area (Å²) in [6.07, 6.45) is 2.92. The topological polar surface area (TPSA) is 86.1 Å². The molecule has 1 fully saturated rings. The number of benzene rings is 1. The van der Waals surface area contributed by atoms with Crippen LogP contribution in [0.15, 0.2) is 42.6 Å². The summed E-state index contributed by atoms with van der Waals surface area (Å²) in [5.41, 5.74) is 1.06. The Balaban J connectivity index is 1.81. The van der Waals surface area contributed by atoms with Gasteiger partial charge in [-0.05, 0) is 44.0 Å². The summed E-state index contributed by atoms with van der Waals surface area (Å²) in [6, 6.07) is 11.0. The number of rotatable bonds is 6. The SMILES string of the molecule is CCOc1ccccc1Nc1nn(S(=O)(=O)C2CC2)c2ncccc12. The Labute approximate surface area is 145 Å². The highest BCUT2D eigenvalue weighted by Crippen LogP contribution is 2.34. The van der Waals surface area contributed by atoms with Gasteiger partial charge in [-0.2, -0.15) is 0 Å². The third-order valence-corrected chi connectivity index (χ3v) is 6.09. The summed E-state index contributed by atoms with van der Waals surface area (Å²) >= 11 is 0. The predicted molar refractivity (Wildman–Crippen MR) is 95.8 cm³/mol. The monoisotopic (exact) mass is 358 g/mol. The van der Waals surface area contributed by atoms with Crippen molar-refractivity contribution in [2.45, 2.75) is 25.0 Å². The van der Waals surface area contributed by atoms with Crippen molar-refractivity contribution in [2.24, 2.45) is 0 Å². The maximum Gasteiger partial charge on any atom is 0.258 e. The van der Waals surface area contributed by atoms with E-state index in [-0.39, 0.29) is 5.25 Å². The summed E-state index contributed by atoms with van der Waals surface area (Å²) in [4.78, 5) is 4.23. The van der Waals surface area contributed by atoms with Gasteiger partial charge in [0.2, 0.25) is 0 Å². The molecule has 1 aliphatic carbocycles. The van der Waals surface area contributed by atoms with Gasteiger partial charge in [-0.15, -0.1) is 9.19 Å². The summed E-state index contributed by atoms with van der Waals surface area (Å²) in [6.45, 7) is 2.44. The molecule has 8 heteroatoms. The van der Waals surface area contributed by atoms with Crippen LogP contribution in [0.25, 0.3) is 11.0 Å². The molecule has 1 saturated carbocycles. The number of hydrogen-bond acceptors (Lipinski definition) is 6. The first kappa shape index (κ1) is 15.9. The van der Waals surface area contributed by atoms with Crippen LogP contribution in [0, 0.1) is 0 Å². The van der Waals surface area contributed by atoms with Gasteiger partial charge in [0.15, 0.2) is 11.5 Å². The van der Waals surface area contributed by atoms with Gasteiger partial charge in [0, 0.05) is 6.20 Å². The molecule has 1 aromatic carbocycles. The quantitative estimate of drug-likeness (QED) is 0.729. The van der Waals surface area contributed by atoms with Gasteiger partial charge in [0.1, 0.15) is 5.75 Å². The molecule has 0 saturated heterocycles. The van der Waals surface area contributed by atoms with E-state index in [0.29, 0.717) is 42.0 Å². The average Bonchev–Trinajstić information content (AvgIpc) is 3.41. The van der Waals surface area contributed by atoms with Gasteiger partial charge in [0.05, 0.1) is 22.9 Å². The average molecular weight is 358 g/mol. The largest absolute Gasteiger partial charge is 0.492 e. The number of ether oxygens (including phenoxy) is 1. The second-order valence-electron chi connectivity index (χ2n) is 5.86. The molecule has 2 aromatic heterocycles. The first-order valence-electron chi connectivity index (χ1n) is 8.18. The van der Waals surface area contributed by atoms with Crippen LogP contribution in [0.2, 0.25) is 0 Å². The van der Waals surface area contributed by atoms with Crippen molar-refractivity contribution in [3.05, 3.63) is 42.6 Å². The van der Waals surface area contributed by atoms with Gasteiger partial charge in [0.25, 0.3) is 10.0 Å². The zero-order chi connectivity index (χ0) is 17.4. The van der Waals surface area contributed by atoms with Crippen LogP contribution in [0.4, 0.5) is 11.5 Å². The van der Waals surface area contributed by atoms with Crippen LogP contribution in [0.3, 0.4) is 0 Å². The zero-order valence-corrected chi connectivity index (χ0v) is 14.5. The van der Waals surface area contributed by atoms with E-state index >= 15 is 0 Å². The first-order valence-corrected chi connectivity index (χ1v) is 9.68. The van der Waals surface area contributed by atoms with Crippen molar-refractivity contribution in [1.29, 1.82) is 0 Å². The number of pyridine rings is 1. The summed E-state index contributed by atoms with van der Waals surface area (Å²) in [7, 11) is -3.51. The minimum Gasteiger partial charge on any atom is -0.492 e. The summed E-state index contributed by atoms with van der Waals surface area (Å²) in [5, 5.41) is 7.80. The summed E-state index contributed by atoms with van der Waals surface area (Å²) < 4.78 is 32.0. The van der Waals surface area contributed by atoms with Crippen molar-refractivity contribution in [3.8, 4) is 5.75 Å². The standard InChI is InChI=1S/C17H18N4O3S/c1-2-24-15-8-4-3-7-14(15)19-16-13-6-5-11-18-17(13)21(20-16)25(22,23)12-9-10-12/h3-8,11-12H,2,9-10H2,1H3,(H,19,20). The molecule has 0 atom stereocenters. The van der Waals surface area contributed by atoms with Crippen LogP contribution in [0.5, 0.6) is 5.75 Å². The Morgan fingerprint density at radius 3 is 2.80 bits per heavy atom. The van der Waals surface area contributed by atoms with E-state index < -0.39 is 10.0 Å². The molecule has 3 aromatic rings. The lowest BCUT2D eigenvalue weighted by atomic mass is 10.2. The lowest BCUT2D eigenvalue weighted by Crippen LogP contribution is -2.19. The number of nitrogens with zero attached hydrogens (tertiary/aromatic N) is 3. The Bertz CT molecular complexity index is 1030. The molecule has 4 rings (SSSR count). The molecule has 0 spiro atoms. The van der Waals surface area contributed by atoms with Crippen LogP contribution < -0.4 is 10.1 Å². The lowest BCUT2D eigenvalue weighted by Gasteiger charge is -2.10. The van der Waals surface area contributed by atoms with Crippen LogP contribution in [-0.4, -0.2) is 34.4 Å². The molecule has 1 N–H and O–H groups in total. The maximum atomic E-state index is 12.7. The van der Waals surface area contributed by atoms with E-state index in [2.05, 4.69) is 15.4 Å². The molecule has 0 bridgehead atoms. The minimum absolute atomic E-state index is 0.339. The molecule has 0 amide bonds. The highest BCUT2D eigenvalue weighted by atomic mass is 32.2. The smallest absolute Gasteiger partial charge is 0.258 e. The number of hydrogen-bond donors (Lipinski definition) is 1. The fourth-order valence-corrected chi connectivity index (χ4v) is 4.28. The Morgan fingerprint density at radius 1 is 1.24 bits per heavy atom. The maximum absolute atomic E-state index is 12.7. The highest BCUT2D eigenvalue weighted by molar-refractivity contribution is 7.90. The predicted octanol–water partition coefficient (Wildman–Crippen LogP) is 2.91. The van der Waals surface area contributed by atoms with Crippen LogP contribution >= 0.6 is 0 Å². The molecular weight excluding hydrogens is 340 g/mol. The molecule has 1 aliphatic rings. The lowest BCUT2D eigenvalue weighted by molar-refractivity contribution is 0.342. The van der Waals surface area contributed by atoms with E-state index in [9.17, 15) is 8.42 Å². The van der Waals surface area contributed by atoms with Crippen molar-refractivity contribution < 1.29 is 13.2 Å². The van der Waals surface area contributed by atoms with Crippen molar-refractivity contribution in [1.82, 2.24) is 14.2 Å².